The molecular formula is C70H121ClO4. The number of allylic oxidation sites excluding steroid dienone is 2. The van der Waals surface area contributed by atoms with Crippen molar-refractivity contribution in [3.05, 3.63) is 83.5 Å². The number of carbonyl (C=O) groups is 2. The van der Waals surface area contributed by atoms with Crippen LogP contribution in [0.25, 0.3) is 0 Å². The van der Waals surface area contributed by atoms with Crippen LogP contribution in [-0.4, -0.2) is 21.2 Å². The van der Waals surface area contributed by atoms with Crippen molar-refractivity contribution in [3.63, 3.8) is 0 Å². The first-order valence-electron chi connectivity index (χ1n) is 31.0. The van der Waals surface area contributed by atoms with Crippen molar-refractivity contribution in [1.82, 2.24) is 0 Å². The van der Waals surface area contributed by atoms with Crippen molar-refractivity contribution < 1.29 is 19.8 Å². The third-order valence-electron chi connectivity index (χ3n) is 14.8. The van der Waals surface area contributed by atoms with Crippen molar-refractivity contribution >= 4 is 22.6 Å². The standard InChI is InChI=1S/C35H60O2.C21H39ClO.C14H22O/c1-8-9-10-11-12-13-14-15-16-17-18-19-20-21-22-23-24-25-26-32(36)29-27-30(34(2,3)4)33(37)31(28-29)35(5,6)7;1-2-3-4-5-6-7-8-9-10-11-12-13-14-15-16-17-18-19-20-21(22)23;1-13(2,3)10-8-7-9-11(12(10)15)14(4,5)6/h8,27-28,37H,1,9-26H2,2-7H3;2H,1,3-20H2;7-9,15H,1-6H3. The first kappa shape index (κ1) is 72.2. The Morgan fingerprint density at radius 3 is 0.853 bits per heavy atom. The minimum Gasteiger partial charge on any atom is -0.507 e. The molecule has 5 heteroatoms. The first-order chi connectivity index (χ1) is 35.4. The van der Waals surface area contributed by atoms with E-state index >= 15 is 0 Å². The molecule has 0 aromatic heterocycles. The Balaban J connectivity index is 0.00000122. The molecule has 0 atom stereocenters. The van der Waals surface area contributed by atoms with E-state index in [2.05, 4.69) is 96.2 Å². The summed E-state index contributed by atoms with van der Waals surface area (Å²) in [6, 6.07) is 9.90. The van der Waals surface area contributed by atoms with Crippen molar-refractivity contribution in [2.75, 3.05) is 0 Å². The number of aromatic hydroxyl groups is 2. The van der Waals surface area contributed by atoms with E-state index in [1.165, 1.54) is 193 Å². The van der Waals surface area contributed by atoms with Gasteiger partial charge < -0.3 is 10.2 Å². The molecule has 0 amide bonds. The zero-order chi connectivity index (χ0) is 56.6. The minimum atomic E-state index is -0.203. The van der Waals surface area contributed by atoms with Crippen molar-refractivity contribution in [2.24, 2.45) is 0 Å². The summed E-state index contributed by atoms with van der Waals surface area (Å²) >= 11 is 5.31. The lowest BCUT2D eigenvalue weighted by Crippen LogP contribution is -2.18. The van der Waals surface area contributed by atoms with E-state index in [0.29, 0.717) is 24.3 Å². The SMILES string of the molecule is C=CCCCCCCCCCCCCCCCCCCC(=O)Cl.C=CCCCCCCCCCCCCCCCCCCC(=O)c1cc(C(C)(C)C)c(O)c(C(C)(C)C)c1.CC(C)(C)c1cccc(C(C)(C)C)c1O. The molecule has 2 N–H and O–H groups in total. The van der Waals surface area contributed by atoms with Gasteiger partial charge >= 0.3 is 0 Å². The number of benzene rings is 2. The van der Waals surface area contributed by atoms with Crippen LogP contribution in [-0.2, 0) is 26.5 Å². The van der Waals surface area contributed by atoms with Crippen LogP contribution in [0.1, 0.15) is 347 Å². The summed E-state index contributed by atoms with van der Waals surface area (Å²) < 4.78 is 0. The largest absolute Gasteiger partial charge is 0.507 e. The quantitative estimate of drug-likeness (QED) is 0.0303. The van der Waals surface area contributed by atoms with Gasteiger partial charge in [0.05, 0.1) is 0 Å². The zero-order valence-electron chi connectivity index (χ0n) is 51.5. The van der Waals surface area contributed by atoms with E-state index in [1.807, 2.05) is 42.5 Å². The fourth-order valence-electron chi connectivity index (χ4n) is 9.91. The molecule has 0 unspecified atom stereocenters. The Morgan fingerprint density at radius 1 is 0.387 bits per heavy atom. The average molecular weight is 1060 g/mol. The predicted molar refractivity (Wildman–Crippen MR) is 333 cm³/mol. The van der Waals surface area contributed by atoms with E-state index in [4.69, 9.17) is 11.6 Å². The Bertz CT molecular complexity index is 1710. The highest BCUT2D eigenvalue weighted by atomic mass is 35.5. The van der Waals surface area contributed by atoms with Gasteiger partial charge in [0.1, 0.15) is 11.5 Å². The van der Waals surface area contributed by atoms with E-state index < -0.39 is 0 Å². The summed E-state index contributed by atoms with van der Waals surface area (Å²) in [5.41, 5.74) is 4.13. The number of para-hydroxylation sites is 1. The number of phenolic OH excluding ortho intramolecular Hbond substituents is 2. The Kier molecular flexibility index (Phi) is 40.5. The van der Waals surface area contributed by atoms with E-state index in [9.17, 15) is 19.8 Å². The number of halogens is 1. The monoisotopic (exact) mass is 1060 g/mol. The molecule has 2 aromatic carbocycles. The summed E-state index contributed by atoms with van der Waals surface area (Å²) in [6.07, 6.45) is 50.4. The van der Waals surface area contributed by atoms with Gasteiger partial charge in [-0.3, -0.25) is 9.59 Å². The number of ketones is 1. The molecule has 0 aliphatic heterocycles. The summed E-state index contributed by atoms with van der Waals surface area (Å²) in [7, 11) is 0. The normalized spacial score (nSPS) is 11.9. The fourth-order valence-corrected chi connectivity index (χ4v) is 10.0. The second-order valence-corrected chi connectivity index (χ2v) is 26.8. The van der Waals surface area contributed by atoms with Crippen molar-refractivity contribution in [3.8, 4) is 11.5 Å². The van der Waals surface area contributed by atoms with Crippen molar-refractivity contribution in [1.29, 1.82) is 0 Å². The minimum absolute atomic E-state index is 0.00859. The number of rotatable bonds is 39. The van der Waals surface area contributed by atoms with E-state index in [1.54, 1.807) is 0 Å². The van der Waals surface area contributed by atoms with Gasteiger partial charge in [0.2, 0.25) is 5.24 Å². The Morgan fingerprint density at radius 2 is 0.613 bits per heavy atom. The lowest BCUT2D eigenvalue weighted by molar-refractivity contribution is -0.111. The maximum absolute atomic E-state index is 13.0. The van der Waals surface area contributed by atoms with E-state index in [0.717, 1.165) is 53.5 Å². The van der Waals surface area contributed by atoms with Gasteiger partial charge in [0.25, 0.3) is 0 Å². The number of Topliss-reactive ketones (excluding diaryl/α,β-unsaturated/α-hetero) is 1. The van der Waals surface area contributed by atoms with Gasteiger partial charge in [-0.25, -0.2) is 0 Å². The molecule has 432 valence electrons. The molecule has 2 aromatic rings. The molecule has 0 fully saturated rings. The molecule has 0 radical (unpaired) electrons. The van der Waals surface area contributed by atoms with Gasteiger partial charge in [-0.1, -0.05) is 293 Å². The predicted octanol–water partition coefficient (Wildman–Crippen LogP) is 23.3. The average Bonchev–Trinajstić information content (AvgIpc) is 3.32. The Hall–Kier alpha value is -2.85. The highest BCUT2D eigenvalue weighted by molar-refractivity contribution is 6.63. The van der Waals surface area contributed by atoms with Gasteiger partial charge in [0.15, 0.2) is 5.78 Å². The van der Waals surface area contributed by atoms with Crippen LogP contribution in [0.15, 0.2) is 55.6 Å². The number of unbranched alkanes of at least 4 members (excludes halogenated alkanes) is 32. The molecule has 4 nitrogen and oxygen atoms in total. The summed E-state index contributed by atoms with van der Waals surface area (Å²) in [6.45, 7) is 32.8. The van der Waals surface area contributed by atoms with Crippen LogP contribution in [0.4, 0.5) is 0 Å². The molecule has 2 rings (SSSR count). The van der Waals surface area contributed by atoms with E-state index in [-0.39, 0.29) is 32.7 Å². The van der Waals surface area contributed by atoms with Gasteiger partial charge in [-0.05, 0) is 95.0 Å². The molecule has 0 aliphatic carbocycles. The topological polar surface area (TPSA) is 74.6 Å². The van der Waals surface area contributed by atoms with Crippen molar-refractivity contribution in [2.45, 2.75) is 336 Å². The highest BCUT2D eigenvalue weighted by Crippen LogP contribution is 2.41. The van der Waals surface area contributed by atoms with Crippen LogP contribution in [0.3, 0.4) is 0 Å². The summed E-state index contributed by atoms with van der Waals surface area (Å²) in [5, 5.41) is 21.0. The lowest BCUT2D eigenvalue weighted by Gasteiger charge is -2.28. The number of hydrogen-bond acceptors (Lipinski definition) is 4. The molecule has 0 aliphatic rings. The molecule has 0 spiro atoms. The molecule has 0 bridgehead atoms. The highest BCUT2D eigenvalue weighted by Gasteiger charge is 2.28. The third-order valence-corrected chi connectivity index (χ3v) is 15.0. The van der Waals surface area contributed by atoms with Gasteiger partial charge in [-0.15, -0.1) is 13.2 Å². The fraction of sp³-hybridized carbons (Fsp3) is 0.743. The molecule has 0 saturated carbocycles. The van der Waals surface area contributed by atoms with Gasteiger partial charge in [0, 0.05) is 29.5 Å². The lowest BCUT2D eigenvalue weighted by atomic mass is 9.78. The third kappa shape index (κ3) is 37.6. The van der Waals surface area contributed by atoms with Crippen LogP contribution in [0, 0.1) is 0 Å². The molecule has 75 heavy (non-hydrogen) atoms. The van der Waals surface area contributed by atoms with Crippen LogP contribution < -0.4 is 0 Å². The Labute approximate surface area is 471 Å². The first-order valence-corrected chi connectivity index (χ1v) is 31.4. The van der Waals surface area contributed by atoms with Crippen LogP contribution in [0.5, 0.6) is 11.5 Å². The maximum atomic E-state index is 13.0. The molecular weight excluding hydrogens is 940 g/mol. The number of phenols is 2. The second-order valence-electron chi connectivity index (χ2n) is 26.4. The molecule has 0 saturated heterocycles. The molecule has 0 heterocycles. The van der Waals surface area contributed by atoms with Crippen LogP contribution in [0.2, 0.25) is 0 Å². The van der Waals surface area contributed by atoms with Crippen LogP contribution >= 0.6 is 11.6 Å². The maximum Gasteiger partial charge on any atom is 0.221 e. The number of hydrogen-bond donors (Lipinski definition) is 2. The summed E-state index contributed by atoms with van der Waals surface area (Å²) in [5.74, 6) is 1.02. The smallest absolute Gasteiger partial charge is 0.221 e. The zero-order valence-corrected chi connectivity index (χ0v) is 52.3. The van der Waals surface area contributed by atoms with Gasteiger partial charge in [-0.2, -0.15) is 0 Å². The summed E-state index contributed by atoms with van der Waals surface area (Å²) in [4.78, 5) is 23.6. The number of carbonyl (C=O) groups excluding carboxylic acids is 2. The second kappa shape index (κ2) is 42.1.